The van der Waals surface area contributed by atoms with E-state index in [2.05, 4.69) is 18.2 Å². The molecule has 1 heterocycles. The normalized spacial score (nSPS) is 32.0. The van der Waals surface area contributed by atoms with Crippen LogP contribution in [0.3, 0.4) is 0 Å². The fourth-order valence-corrected chi connectivity index (χ4v) is 1.07. The lowest BCUT2D eigenvalue weighted by atomic mass is 10.0. The minimum absolute atomic E-state index is 0.131. The van der Waals surface area contributed by atoms with Gasteiger partial charge in [0.25, 0.3) is 0 Å². The fraction of sp³-hybridized carbons (Fsp3) is 0.750. The zero-order chi connectivity index (χ0) is 7.45. The van der Waals surface area contributed by atoms with Gasteiger partial charge in [0.05, 0.1) is 13.2 Å². The molecule has 56 valence electrons. The van der Waals surface area contributed by atoms with E-state index in [0.29, 0.717) is 6.54 Å². The molecule has 1 atom stereocenters. The molecule has 1 aliphatic heterocycles. The third-order valence-electron chi connectivity index (χ3n) is 1.84. The van der Waals surface area contributed by atoms with E-state index in [9.17, 15) is 0 Å². The molecule has 1 saturated heterocycles. The van der Waals surface area contributed by atoms with Crippen molar-refractivity contribution in [3.63, 3.8) is 0 Å². The van der Waals surface area contributed by atoms with E-state index >= 15 is 0 Å². The molecule has 1 fully saturated rings. The highest BCUT2D eigenvalue weighted by molar-refractivity contribution is 4.94. The van der Waals surface area contributed by atoms with Crippen LogP contribution in [-0.4, -0.2) is 25.3 Å². The molecule has 0 aliphatic carbocycles. The lowest BCUT2D eigenvalue weighted by Gasteiger charge is -2.21. The number of rotatable bonds is 2. The molecule has 2 nitrogen and oxygen atoms in total. The van der Waals surface area contributed by atoms with Gasteiger partial charge in [-0.1, -0.05) is 5.92 Å². The molecule has 2 heteroatoms. The fourth-order valence-electron chi connectivity index (χ4n) is 1.07. The van der Waals surface area contributed by atoms with Gasteiger partial charge in [0.1, 0.15) is 0 Å². The topological polar surface area (TPSA) is 21.3 Å². The third kappa shape index (κ3) is 1.73. The van der Waals surface area contributed by atoms with Crippen LogP contribution >= 0.6 is 0 Å². The number of hydrogen-bond acceptors (Lipinski definition) is 2. The second-order valence-electron chi connectivity index (χ2n) is 2.92. The zero-order valence-corrected chi connectivity index (χ0v) is 6.31. The number of terminal acetylenes is 1. The molecule has 0 aromatic carbocycles. The van der Waals surface area contributed by atoms with Gasteiger partial charge in [0.2, 0.25) is 0 Å². The smallest absolute Gasteiger partial charge is 0.0646 e. The van der Waals surface area contributed by atoms with Crippen LogP contribution in [-0.2, 0) is 4.74 Å². The largest absolute Gasteiger partial charge is 0.379 e. The molecule has 0 saturated carbocycles. The quantitative estimate of drug-likeness (QED) is 0.559. The molecule has 0 aromatic rings. The van der Waals surface area contributed by atoms with E-state index in [1.54, 1.807) is 0 Å². The predicted molar refractivity (Wildman–Crippen MR) is 40.7 cm³/mol. The molecule has 10 heavy (non-hydrogen) atoms. The van der Waals surface area contributed by atoms with Crippen LogP contribution in [0.1, 0.15) is 13.3 Å². The Kier molecular flexibility index (Phi) is 2.31. The van der Waals surface area contributed by atoms with Crippen molar-refractivity contribution in [3.8, 4) is 12.3 Å². The standard InChI is InChI=1S/C8H13NO/c1-3-5-9-8(2)4-6-10-7-8/h1,9H,4-7H2,2H3. The number of ether oxygens (including phenoxy) is 1. The van der Waals surface area contributed by atoms with Gasteiger partial charge in [-0.2, -0.15) is 0 Å². The van der Waals surface area contributed by atoms with Crippen LogP contribution in [0.15, 0.2) is 0 Å². The lowest BCUT2D eigenvalue weighted by Crippen LogP contribution is -2.42. The first-order valence-electron chi connectivity index (χ1n) is 3.53. The summed E-state index contributed by atoms with van der Waals surface area (Å²) in [6, 6.07) is 0. The van der Waals surface area contributed by atoms with Gasteiger partial charge in [-0.3, -0.25) is 5.32 Å². The van der Waals surface area contributed by atoms with Gasteiger partial charge >= 0.3 is 0 Å². The minimum atomic E-state index is 0.131. The Balaban J connectivity index is 2.30. The molecular formula is C8H13NO. The first-order valence-corrected chi connectivity index (χ1v) is 3.53. The molecule has 0 radical (unpaired) electrons. The van der Waals surface area contributed by atoms with E-state index in [4.69, 9.17) is 11.2 Å². The number of nitrogens with one attached hydrogen (secondary N) is 1. The summed E-state index contributed by atoms with van der Waals surface area (Å²) in [5.41, 5.74) is 0.131. The van der Waals surface area contributed by atoms with Gasteiger partial charge in [-0.25, -0.2) is 0 Å². The maximum atomic E-state index is 5.23. The highest BCUT2D eigenvalue weighted by Crippen LogP contribution is 2.16. The Hall–Kier alpha value is -0.520. The Bertz CT molecular complexity index is 142. The average molecular weight is 139 g/mol. The Morgan fingerprint density at radius 1 is 1.80 bits per heavy atom. The van der Waals surface area contributed by atoms with E-state index in [1.165, 1.54) is 0 Å². The van der Waals surface area contributed by atoms with Crippen molar-refractivity contribution in [2.45, 2.75) is 18.9 Å². The Labute approximate surface area is 62.0 Å². The first-order chi connectivity index (χ1) is 4.77. The van der Waals surface area contributed by atoms with Gasteiger partial charge in [-0.15, -0.1) is 6.42 Å². The monoisotopic (exact) mass is 139 g/mol. The SMILES string of the molecule is C#CCNC1(C)CCOC1. The molecular weight excluding hydrogens is 126 g/mol. The molecule has 0 amide bonds. The third-order valence-corrected chi connectivity index (χ3v) is 1.84. The number of hydrogen-bond donors (Lipinski definition) is 1. The summed E-state index contributed by atoms with van der Waals surface area (Å²) in [5.74, 6) is 2.55. The van der Waals surface area contributed by atoms with Gasteiger partial charge in [-0.05, 0) is 13.3 Å². The molecule has 0 aromatic heterocycles. The minimum Gasteiger partial charge on any atom is -0.379 e. The van der Waals surface area contributed by atoms with Gasteiger partial charge < -0.3 is 4.74 Å². The highest BCUT2D eigenvalue weighted by atomic mass is 16.5. The van der Waals surface area contributed by atoms with Crippen LogP contribution < -0.4 is 5.32 Å². The molecule has 1 rings (SSSR count). The molecule has 0 bridgehead atoms. The lowest BCUT2D eigenvalue weighted by molar-refractivity contribution is 0.173. The van der Waals surface area contributed by atoms with Crippen molar-refractivity contribution in [1.29, 1.82) is 0 Å². The van der Waals surface area contributed by atoms with Crippen molar-refractivity contribution in [3.05, 3.63) is 0 Å². The maximum absolute atomic E-state index is 5.23. The van der Waals surface area contributed by atoms with Crippen LogP contribution in [0.25, 0.3) is 0 Å². The summed E-state index contributed by atoms with van der Waals surface area (Å²) < 4.78 is 5.23. The Morgan fingerprint density at radius 3 is 3.10 bits per heavy atom. The van der Waals surface area contributed by atoms with Crippen LogP contribution in [0.2, 0.25) is 0 Å². The summed E-state index contributed by atoms with van der Waals surface area (Å²) in [4.78, 5) is 0. The van der Waals surface area contributed by atoms with Crippen molar-refractivity contribution in [2.24, 2.45) is 0 Å². The van der Waals surface area contributed by atoms with Crippen LogP contribution in [0.5, 0.6) is 0 Å². The van der Waals surface area contributed by atoms with Gasteiger partial charge in [0.15, 0.2) is 0 Å². The van der Waals surface area contributed by atoms with E-state index in [-0.39, 0.29) is 5.54 Å². The summed E-state index contributed by atoms with van der Waals surface area (Å²) in [7, 11) is 0. The summed E-state index contributed by atoms with van der Waals surface area (Å²) in [6.07, 6.45) is 6.18. The summed E-state index contributed by atoms with van der Waals surface area (Å²) >= 11 is 0. The predicted octanol–water partition coefficient (Wildman–Crippen LogP) is 0.388. The van der Waals surface area contributed by atoms with E-state index < -0.39 is 0 Å². The van der Waals surface area contributed by atoms with Gasteiger partial charge in [0, 0.05) is 12.1 Å². The zero-order valence-electron chi connectivity index (χ0n) is 6.31. The molecule has 0 spiro atoms. The van der Waals surface area contributed by atoms with Crippen molar-refractivity contribution < 1.29 is 4.74 Å². The first kappa shape index (κ1) is 7.59. The van der Waals surface area contributed by atoms with Crippen molar-refractivity contribution >= 4 is 0 Å². The summed E-state index contributed by atoms with van der Waals surface area (Å²) in [5, 5.41) is 3.25. The van der Waals surface area contributed by atoms with Crippen LogP contribution in [0.4, 0.5) is 0 Å². The Morgan fingerprint density at radius 2 is 2.60 bits per heavy atom. The highest BCUT2D eigenvalue weighted by Gasteiger charge is 2.28. The van der Waals surface area contributed by atoms with Crippen molar-refractivity contribution in [2.75, 3.05) is 19.8 Å². The second-order valence-corrected chi connectivity index (χ2v) is 2.92. The summed E-state index contributed by atoms with van der Waals surface area (Å²) in [6.45, 7) is 4.42. The van der Waals surface area contributed by atoms with E-state index in [0.717, 1.165) is 19.6 Å². The average Bonchev–Trinajstić information content (AvgIpc) is 2.33. The van der Waals surface area contributed by atoms with Crippen LogP contribution in [0, 0.1) is 12.3 Å². The maximum Gasteiger partial charge on any atom is 0.0646 e. The van der Waals surface area contributed by atoms with E-state index in [1.807, 2.05) is 0 Å². The molecule has 1 N–H and O–H groups in total. The second kappa shape index (κ2) is 3.05. The molecule has 1 unspecified atom stereocenters. The van der Waals surface area contributed by atoms with Crippen molar-refractivity contribution in [1.82, 2.24) is 5.32 Å². The molecule has 1 aliphatic rings.